The minimum absolute atomic E-state index is 0.0661. The number of allylic oxidation sites excluding steroid dienone is 1. The van der Waals surface area contributed by atoms with Crippen molar-refractivity contribution in [2.75, 3.05) is 5.32 Å². The van der Waals surface area contributed by atoms with Gasteiger partial charge < -0.3 is 15.7 Å². The fourth-order valence-electron chi connectivity index (χ4n) is 1.20. The normalized spacial score (nSPS) is 11.1. The van der Waals surface area contributed by atoms with Gasteiger partial charge in [-0.3, -0.25) is 0 Å². The fraction of sp³-hybridized carbons (Fsp3) is 0.308. The van der Waals surface area contributed by atoms with E-state index in [1.165, 1.54) is 0 Å². The second-order valence-corrected chi connectivity index (χ2v) is 3.96. The summed E-state index contributed by atoms with van der Waals surface area (Å²) < 4.78 is 0. The Morgan fingerprint density at radius 1 is 1.47 bits per heavy atom. The number of nitrogens with one attached hydrogen (secondary N) is 2. The van der Waals surface area contributed by atoms with Gasteiger partial charge in [-0.2, -0.15) is 0 Å². The summed E-state index contributed by atoms with van der Waals surface area (Å²) in [5.41, 5.74) is 2.42. The molecule has 0 aliphatic heterocycles. The maximum absolute atomic E-state index is 11.5. The summed E-state index contributed by atoms with van der Waals surface area (Å²) in [7, 11) is 0. The Kier molecular flexibility index (Phi) is 4.57. The summed E-state index contributed by atoms with van der Waals surface area (Å²) in [6.45, 7) is 5.82. The lowest BCUT2D eigenvalue weighted by molar-refractivity contribution is 0.255. The third-order valence-corrected chi connectivity index (χ3v) is 2.41. The molecule has 2 amide bonds. The van der Waals surface area contributed by atoms with Gasteiger partial charge >= 0.3 is 6.03 Å². The van der Waals surface area contributed by atoms with Crippen molar-refractivity contribution >= 4 is 11.7 Å². The standard InChI is InChI=1S/C13H18N2O2/c1-4-9(2)8-14-13(17)15-11-6-5-10(3)7-12(11)16/h5-8,16H,4H2,1-3H3,(H2,14,15,17)/b9-8+. The lowest BCUT2D eigenvalue weighted by Gasteiger charge is -2.07. The molecule has 1 aromatic carbocycles. The highest BCUT2D eigenvalue weighted by Crippen LogP contribution is 2.23. The summed E-state index contributed by atoms with van der Waals surface area (Å²) in [6.07, 6.45) is 2.54. The third kappa shape index (κ3) is 4.18. The molecule has 0 saturated heterocycles. The zero-order valence-electron chi connectivity index (χ0n) is 10.4. The van der Waals surface area contributed by atoms with Crippen LogP contribution in [0.3, 0.4) is 0 Å². The Hall–Kier alpha value is -1.97. The number of benzene rings is 1. The van der Waals surface area contributed by atoms with Gasteiger partial charge in [-0.25, -0.2) is 4.79 Å². The largest absolute Gasteiger partial charge is 0.506 e. The molecule has 0 aliphatic carbocycles. The number of carbonyl (C=O) groups excluding carboxylic acids is 1. The van der Waals surface area contributed by atoms with Gasteiger partial charge in [0.25, 0.3) is 0 Å². The van der Waals surface area contributed by atoms with E-state index in [4.69, 9.17) is 0 Å². The smallest absolute Gasteiger partial charge is 0.323 e. The van der Waals surface area contributed by atoms with E-state index in [2.05, 4.69) is 10.6 Å². The molecule has 3 N–H and O–H groups in total. The van der Waals surface area contributed by atoms with Crippen molar-refractivity contribution in [3.8, 4) is 5.75 Å². The average molecular weight is 234 g/mol. The number of phenols is 1. The number of aryl methyl sites for hydroxylation is 1. The zero-order chi connectivity index (χ0) is 12.8. The van der Waals surface area contributed by atoms with E-state index in [0.29, 0.717) is 5.69 Å². The number of urea groups is 1. The Labute approximate surface area is 101 Å². The van der Waals surface area contributed by atoms with Crippen LogP contribution in [-0.2, 0) is 0 Å². The number of rotatable bonds is 3. The van der Waals surface area contributed by atoms with Gasteiger partial charge in [-0.1, -0.05) is 18.6 Å². The summed E-state index contributed by atoms with van der Waals surface area (Å²) in [5.74, 6) is 0.0661. The van der Waals surface area contributed by atoms with Crippen molar-refractivity contribution in [3.63, 3.8) is 0 Å². The first-order valence-electron chi connectivity index (χ1n) is 5.55. The van der Waals surface area contributed by atoms with Gasteiger partial charge in [0, 0.05) is 6.20 Å². The van der Waals surface area contributed by atoms with E-state index in [0.717, 1.165) is 17.6 Å². The highest BCUT2D eigenvalue weighted by Gasteiger charge is 2.04. The third-order valence-electron chi connectivity index (χ3n) is 2.41. The molecule has 0 radical (unpaired) electrons. The molecule has 0 saturated carbocycles. The number of carbonyl (C=O) groups is 1. The molecular formula is C13H18N2O2. The molecule has 0 aliphatic rings. The molecule has 0 fully saturated rings. The summed E-state index contributed by atoms with van der Waals surface area (Å²) in [5, 5.41) is 14.8. The molecule has 4 heteroatoms. The molecule has 4 nitrogen and oxygen atoms in total. The van der Waals surface area contributed by atoms with E-state index in [1.54, 1.807) is 18.3 Å². The number of phenolic OH excluding ortho intramolecular Hbond substituents is 1. The van der Waals surface area contributed by atoms with Crippen LogP contribution in [0.1, 0.15) is 25.8 Å². The first-order chi connectivity index (χ1) is 8.02. The van der Waals surface area contributed by atoms with Crippen molar-refractivity contribution in [3.05, 3.63) is 35.5 Å². The van der Waals surface area contributed by atoms with Gasteiger partial charge in [-0.05, 0) is 38.0 Å². The highest BCUT2D eigenvalue weighted by molar-refractivity contribution is 5.91. The minimum Gasteiger partial charge on any atom is -0.506 e. The predicted molar refractivity (Wildman–Crippen MR) is 69.0 cm³/mol. The van der Waals surface area contributed by atoms with Crippen LogP contribution in [0.25, 0.3) is 0 Å². The quantitative estimate of drug-likeness (QED) is 0.703. The Morgan fingerprint density at radius 3 is 2.76 bits per heavy atom. The van der Waals surface area contributed by atoms with Crippen LogP contribution >= 0.6 is 0 Å². The van der Waals surface area contributed by atoms with Gasteiger partial charge in [0.1, 0.15) is 5.75 Å². The van der Waals surface area contributed by atoms with Crippen molar-refractivity contribution in [2.24, 2.45) is 0 Å². The van der Waals surface area contributed by atoms with Crippen molar-refractivity contribution < 1.29 is 9.90 Å². The molecule has 1 aromatic rings. The summed E-state index contributed by atoms with van der Waals surface area (Å²) in [4.78, 5) is 11.5. The molecule has 0 unspecified atom stereocenters. The Bertz CT molecular complexity index is 439. The molecule has 17 heavy (non-hydrogen) atoms. The molecule has 0 heterocycles. The van der Waals surface area contributed by atoms with E-state index in [1.807, 2.05) is 26.8 Å². The van der Waals surface area contributed by atoms with Crippen LogP contribution in [-0.4, -0.2) is 11.1 Å². The van der Waals surface area contributed by atoms with Gasteiger partial charge in [0.2, 0.25) is 0 Å². The second-order valence-electron chi connectivity index (χ2n) is 3.96. The number of amides is 2. The molecular weight excluding hydrogens is 216 g/mol. The number of hydrogen-bond donors (Lipinski definition) is 3. The van der Waals surface area contributed by atoms with Crippen LogP contribution in [0.2, 0.25) is 0 Å². The van der Waals surface area contributed by atoms with Crippen LogP contribution in [0.5, 0.6) is 5.75 Å². The predicted octanol–water partition coefficient (Wildman–Crippen LogP) is 3.14. The monoisotopic (exact) mass is 234 g/mol. The van der Waals surface area contributed by atoms with Gasteiger partial charge in [-0.15, -0.1) is 0 Å². The number of anilines is 1. The molecule has 0 bridgehead atoms. The topological polar surface area (TPSA) is 61.4 Å². The Morgan fingerprint density at radius 2 is 2.18 bits per heavy atom. The average Bonchev–Trinajstić information content (AvgIpc) is 2.29. The van der Waals surface area contributed by atoms with E-state index in [9.17, 15) is 9.90 Å². The SMILES string of the molecule is CC/C(C)=C/NC(=O)Nc1ccc(C)cc1O. The molecule has 0 atom stereocenters. The molecule has 1 rings (SSSR count). The molecule has 92 valence electrons. The Balaban J connectivity index is 2.62. The summed E-state index contributed by atoms with van der Waals surface area (Å²) >= 11 is 0. The van der Waals surface area contributed by atoms with Gasteiger partial charge in [0.15, 0.2) is 0 Å². The maximum Gasteiger partial charge on any atom is 0.323 e. The van der Waals surface area contributed by atoms with Crippen molar-refractivity contribution in [1.29, 1.82) is 0 Å². The van der Waals surface area contributed by atoms with Crippen molar-refractivity contribution in [1.82, 2.24) is 5.32 Å². The van der Waals surface area contributed by atoms with E-state index < -0.39 is 0 Å². The molecule has 0 aromatic heterocycles. The minimum atomic E-state index is -0.364. The lowest BCUT2D eigenvalue weighted by Crippen LogP contribution is -2.24. The van der Waals surface area contributed by atoms with Crippen LogP contribution in [0.4, 0.5) is 10.5 Å². The lowest BCUT2D eigenvalue weighted by atomic mass is 10.2. The molecule has 0 spiro atoms. The van der Waals surface area contributed by atoms with Crippen LogP contribution < -0.4 is 10.6 Å². The fourth-order valence-corrected chi connectivity index (χ4v) is 1.20. The van der Waals surface area contributed by atoms with E-state index >= 15 is 0 Å². The maximum atomic E-state index is 11.5. The first-order valence-corrected chi connectivity index (χ1v) is 5.55. The van der Waals surface area contributed by atoms with Crippen LogP contribution in [0.15, 0.2) is 30.0 Å². The van der Waals surface area contributed by atoms with Gasteiger partial charge in [0.05, 0.1) is 5.69 Å². The van der Waals surface area contributed by atoms with E-state index in [-0.39, 0.29) is 11.8 Å². The number of aromatic hydroxyl groups is 1. The van der Waals surface area contributed by atoms with Crippen LogP contribution in [0, 0.1) is 6.92 Å². The zero-order valence-corrected chi connectivity index (χ0v) is 10.4. The highest BCUT2D eigenvalue weighted by atomic mass is 16.3. The first kappa shape index (κ1) is 13.1. The number of hydrogen-bond acceptors (Lipinski definition) is 2. The summed E-state index contributed by atoms with van der Waals surface area (Å²) in [6, 6.07) is 4.73. The van der Waals surface area contributed by atoms with Crippen molar-refractivity contribution in [2.45, 2.75) is 27.2 Å². The second kappa shape index (κ2) is 5.94.